The number of hydrogen-bond acceptors (Lipinski definition) is 6. The van der Waals surface area contributed by atoms with Crippen LogP contribution in [0, 0.1) is 0 Å². The van der Waals surface area contributed by atoms with Gasteiger partial charge in [-0.2, -0.15) is 0 Å². The second-order valence-electron chi connectivity index (χ2n) is 4.00. The number of ether oxygens (including phenoxy) is 1. The summed E-state index contributed by atoms with van der Waals surface area (Å²) in [6, 6.07) is 6.69. The zero-order valence-electron chi connectivity index (χ0n) is 10.8. The third-order valence-corrected chi connectivity index (χ3v) is 4.14. The van der Waals surface area contributed by atoms with Gasteiger partial charge in [0.1, 0.15) is 11.3 Å². The number of benzene rings is 1. The summed E-state index contributed by atoms with van der Waals surface area (Å²) in [4.78, 5) is 16.1. The number of halogens is 1. The minimum Gasteiger partial charge on any atom is -0.494 e. The summed E-state index contributed by atoms with van der Waals surface area (Å²) in [5, 5.41) is 1.07. The molecule has 1 amide bonds. The number of thiazole rings is 1. The van der Waals surface area contributed by atoms with Gasteiger partial charge in [0.05, 0.1) is 23.1 Å². The number of nitrogens with one attached hydrogen (secondary N) is 2. The Balaban J connectivity index is 1.82. The van der Waals surface area contributed by atoms with E-state index in [1.807, 2.05) is 0 Å². The van der Waals surface area contributed by atoms with Crippen LogP contribution in [0.15, 0.2) is 34.9 Å². The van der Waals surface area contributed by atoms with E-state index < -0.39 is 5.91 Å². The lowest BCUT2D eigenvalue weighted by molar-refractivity contribution is 0.0935. The Hall–Kier alpha value is -2.25. The average Bonchev–Trinajstić information content (AvgIpc) is 3.15. The average molecular weight is 324 g/mol. The van der Waals surface area contributed by atoms with Crippen molar-refractivity contribution in [2.75, 3.05) is 12.5 Å². The molecule has 3 rings (SSSR count). The van der Waals surface area contributed by atoms with Crippen LogP contribution in [-0.2, 0) is 0 Å². The SMILES string of the molecule is COc1ccc(Cl)c2sc(NNC(=O)c3ccco3)nc12. The minimum absolute atomic E-state index is 0.208. The van der Waals surface area contributed by atoms with Crippen molar-refractivity contribution < 1.29 is 13.9 Å². The van der Waals surface area contributed by atoms with Crippen molar-refractivity contribution in [3.05, 3.63) is 41.3 Å². The van der Waals surface area contributed by atoms with Gasteiger partial charge in [-0.15, -0.1) is 0 Å². The molecule has 0 atom stereocenters. The van der Waals surface area contributed by atoms with E-state index >= 15 is 0 Å². The molecule has 3 aromatic rings. The molecule has 2 aromatic heterocycles. The Morgan fingerprint density at radius 1 is 1.43 bits per heavy atom. The molecule has 2 N–H and O–H groups in total. The first-order valence-corrected chi connectivity index (χ1v) is 7.11. The van der Waals surface area contributed by atoms with Crippen LogP contribution >= 0.6 is 22.9 Å². The fourth-order valence-corrected chi connectivity index (χ4v) is 2.86. The van der Waals surface area contributed by atoms with Crippen LogP contribution in [0.4, 0.5) is 5.13 Å². The van der Waals surface area contributed by atoms with E-state index in [1.165, 1.54) is 17.6 Å². The summed E-state index contributed by atoms with van der Waals surface area (Å²) in [5.41, 5.74) is 5.88. The molecule has 0 radical (unpaired) electrons. The maximum Gasteiger partial charge on any atom is 0.305 e. The summed E-state index contributed by atoms with van der Waals surface area (Å²) < 4.78 is 11.0. The number of nitrogens with zero attached hydrogens (tertiary/aromatic N) is 1. The second-order valence-corrected chi connectivity index (χ2v) is 5.41. The highest BCUT2D eigenvalue weighted by Crippen LogP contribution is 2.36. The lowest BCUT2D eigenvalue weighted by Crippen LogP contribution is -2.28. The molecular formula is C13H10ClN3O3S. The normalized spacial score (nSPS) is 10.6. The Kier molecular flexibility index (Phi) is 3.68. The van der Waals surface area contributed by atoms with Crippen molar-refractivity contribution in [1.82, 2.24) is 10.4 Å². The number of methoxy groups -OCH3 is 1. The smallest absolute Gasteiger partial charge is 0.305 e. The van der Waals surface area contributed by atoms with Crippen LogP contribution in [-0.4, -0.2) is 18.0 Å². The number of aromatic nitrogens is 1. The highest BCUT2D eigenvalue weighted by atomic mass is 35.5. The summed E-state index contributed by atoms with van der Waals surface area (Å²) in [5.74, 6) is 0.438. The minimum atomic E-state index is -0.391. The van der Waals surface area contributed by atoms with Gasteiger partial charge in [-0.25, -0.2) is 4.98 Å². The van der Waals surface area contributed by atoms with Crippen molar-refractivity contribution in [2.24, 2.45) is 0 Å². The number of carbonyl (C=O) groups is 1. The van der Waals surface area contributed by atoms with Gasteiger partial charge in [0, 0.05) is 0 Å². The van der Waals surface area contributed by atoms with Crippen molar-refractivity contribution in [1.29, 1.82) is 0 Å². The number of rotatable bonds is 4. The van der Waals surface area contributed by atoms with Gasteiger partial charge in [0.15, 0.2) is 5.76 Å². The molecule has 0 aliphatic carbocycles. The van der Waals surface area contributed by atoms with E-state index in [0.717, 1.165) is 4.70 Å². The van der Waals surface area contributed by atoms with Gasteiger partial charge >= 0.3 is 5.91 Å². The van der Waals surface area contributed by atoms with E-state index in [4.69, 9.17) is 20.8 Å². The van der Waals surface area contributed by atoms with Crippen molar-refractivity contribution >= 4 is 44.2 Å². The molecule has 8 heteroatoms. The molecule has 2 heterocycles. The highest BCUT2D eigenvalue weighted by Gasteiger charge is 2.13. The molecule has 0 spiro atoms. The molecule has 6 nitrogen and oxygen atoms in total. The first-order valence-electron chi connectivity index (χ1n) is 5.92. The summed E-state index contributed by atoms with van der Waals surface area (Å²) in [6.07, 6.45) is 1.43. The van der Waals surface area contributed by atoms with Crippen molar-refractivity contribution in [3.63, 3.8) is 0 Å². The predicted octanol–water partition coefficient (Wildman–Crippen LogP) is 3.31. The third kappa shape index (κ3) is 2.65. The van der Waals surface area contributed by atoms with Crippen LogP contribution in [0.2, 0.25) is 5.02 Å². The Morgan fingerprint density at radius 2 is 2.29 bits per heavy atom. The zero-order valence-corrected chi connectivity index (χ0v) is 12.4. The van der Waals surface area contributed by atoms with E-state index in [0.29, 0.717) is 21.4 Å². The first-order chi connectivity index (χ1) is 10.2. The van der Waals surface area contributed by atoms with E-state index in [2.05, 4.69) is 15.8 Å². The third-order valence-electron chi connectivity index (χ3n) is 2.71. The number of anilines is 1. The first kappa shape index (κ1) is 13.7. The largest absolute Gasteiger partial charge is 0.494 e. The van der Waals surface area contributed by atoms with Crippen LogP contribution in [0.1, 0.15) is 10.6 Å². The number of amides is 1. The van der Waals surface area contributed by atoms with Gasteiger partial charge in [-0.1, -0.05) is 22.9 Å². The van der Waals surface area contributed by atoms with Gasteiger partial charge in [0.2, 0.25) is 5.13 Å². The lowest BCUT2D eigenvalue weighted by Gasteiger charge is -2.02. The van der Waals surface area contributed by atoms with E-state index in [1.54, 1.807) is 31.4 Å². The molecule has 0 bridgehead atoms. The number of carbonyl (C=O) groups excluding carboxylic acids is 1. The monoisotopic (exact) mass is 323 g/mol. The number of furan rings is 1. The molecule has 0 aliphatic heterocycles. The zero-order chi connectivity index (χ0) is 14.8. The molecule has 0 saturated heterocycles. The predicted molar refractivity (Wildman–Crippen MR) is 81.0 cm³/mol. The maximum atomic E-state index is 11.7. The van der Waals surface area contributed by atoms with Crippen molar-refractivity contribution in [2.45, 2.75) is 0 Å². The topological polar surface area (TPSA) is 76.4 Å². The van der Waals surface area contributed by atoms with Crippen LogP contribution in [0.5, 0.6) is 5.75 Å². The summed E-state index contributed by atoms with van der Waals surface area (Å²) in [7, 11) is 1.56. The summed E-state index contributed by atoms with van der Waals surface area (Å²) >= 11 is 7.44. The molecule has 0 saturated carbocycles. The molecule has 0 unspecified atom stereocenters. The second kappa shape index (κ2) is 5.63. The molecular weight excluding hydrogens is 314 g/mol. The Morgan fingerprint density at radius 3 is 3.00 bits per heavy atom. The van der Waals surface area contributed by atoms with Gasteiger partial charge in [-0.05, 0) is 24.3 Å². The van der Waals surface area contributed by atoms with Crippen LogP contribution in [0.3, 0.4) is 0 Å². The van der Waals surface area contributed by atoms with Crippen molar-refractivity contribution in [3.8, 4) is 5.75 Å². The number of hydrogen-bond donors (Lipinski definition) is 2. The van der Waals surface area contributed by atoms with E-state index in [9.17, 15) is 4.79 Å². The number of fused-ring (bicyclic) bond motifs is 1. The Labute approximate surface area is 128 Å². The van der Waals surface area contributed by atoms with Crippen LogP contribution < -0.4 is 15.6 Å². The molecule has 21 heavy (non-hydrogen) atoms. The molecule has 108 valence electrons. The standard InChI is InChI=1S/C13H10ClN3O3S/c1-19-8-5-4-7(14)11-10(8)15-13(21-11)17-16-12(18)9-3-2-6-20-9/h2-6H,1H3,(H,15,17)(H,16,18). The quantitative estimate of drug-likeness (QED) is 0.720. The molecule has 1 aromatic carbocycles. The maximum absolute atomic E-state index is 11.7. The molecule has 0 aliphatic rings. The van der Waals surface area contributed by atoms with Gasteiger partial charge in [0.25, 0.3) is 0 Å². The van der Waals surface area contributed by atoms with Gasteiger partial charge < -0.3 is 9.15 Å². The highest BCUT2D eigenvalue weighted by molar-refractivity contribution is 7.22. The fourth-order valence-electron chi connectivity index (χ4n) is 1.75. The van der Waals surface area contributed by atoms with E-state index in [-0.39, 0.29) is 5.76 Å². The molecule has 0 fully saturated rings. The Bertz CT molecular complexity index is 785. The van der Waals surface area contributed by atoms with Crippen LogP contribution in [0.25, 0.3) is 10.2 Å². The number of hydrazine groups is 1. The summed E-state index contributed by atoms with van der Waals surface area (Å²) in [6.45, 7) is 0. The van der Waals surface area contributed by atoms with Gasteiger partial charge in [-0.3, -0.25) is 15.6 Å². The fraction of sp³-hybridized carbons (Fsp3) is 0.0769. The lowest BCUT2D eigenvalue weighted by atomic mass is 10.3.